The summed E-state index contributed by atoms with van der Waals surface area (Å²) >= 11 is 1.87. The number of piperidine rings is 1. The Labute approximate surface area is 115 Å². The molecule has 2 aliphatic heterocycles. The van der Waals surface area contributed by atoms with Crippen molar-refractivity contribution in [2.75, 3.05) is 27.2 Å². The van der Waals surface area contributed by atoms with E-state index in [1.807, 2.05) is 32.0 Å². The fraction of sp³-hybridized carbons (Fsp3) is 0.643. The van der Waals surface area contributed by atoms with Gasteiger partial charge in [0, 0.05) is 22.9 Å². The Morgan fingerprint density at radius 2 is 1.89 bits per heavy atom. The van der Waals surface area contributed by atoms with Gasteiger partial charge < -0.3 is 4.90 Å². The second kappa shape index (κ2) is 5.59. The summed E-state index contributed by atoms with van der Waals surface area (Å²) in [5, 5.41) is 0. The maximum Gasteiger partial charge on any atom is 0.0613 e. The molecule has 0 atom stereocenters. The molecule has 18 heavy (non-hydrogen) atoms. The zero-order chi connectivity index (χ0) is 13.2. The van der Waals surface area contributed by atoms with Gasteiger partial charge in [-0.05, 0) is 58.0 Å². The summed E-state index contributed by atoms with van der Waals surface area (Å²) in [7, 11) is 4.43. The molecule has 1 aromatic heterocycles. The first kappa shape index (κ1) is 13.8. The van der Waals surface area contributed by atoms with E-state index in [4.69, 9.17) is 0 Å². The second-order valence-corrected chi connectivity index (χ2v) is 5.97. The zero-order valence-corrected chi connectivity index (χ0v) is 12.6. The Bertz CT molecular complexity index is 400. The minimum atomic E-state index is 0.237. The van der Waals surface area contributed by atoms with E-state index in [2.05, 4.69) is 40.5 Å². The molecule has 0 amide bonds. The largest absolute Gasteiger partial charge is 0.306 e. The Morgan fingerprint density at radius 1 is 1.22 bits per heavy atom. The molecule has 1 spiro atoms. The SMILES string of the molecule is CC.CN1CCC2(CC1)c1cnccc1SN2C. The molecule has 3 nitrogen and oxygen atoms in total. The standard InChI is InChI=1S/C12H17N3S.C2H6/c1-14-7-4-12(5-8-14)10-9-13-6-3-11(10)16-15(12)2;1-2/h3,6,9H,4-5,7-8H2,1-2H3;1-2H3. The highest BCUT2D eigenvalue weighted by Crippen LogP contribution is 2.51. The first-order chi connectivity index (χ1) is 8.72. The minimum absolute atomic E-state index is 0.237. The van der Waals surface area contributed by atoms with E-state index < -0.39 is 0 Å². The molecular weight excluding hydrogens is 242 g/mol. The number of pyridine rings is 1. The molecule has 2 aliphatic rings. The summed E-state index contributed by atoms with van der Waals surface area (Å²) in [6.45, 7) is 6.36. The summed E-state index contributed by atoms with van der Waals surface area (Å²) in [5.41, 5.74) is 1.68. The van der Waals surface area contributed by atoms with Gasteiger partial charge in [0.15, 0.2) is 0 Å². The molecule has 1 fully saturated rings. The molecule has 0 radical (unpaired) electrons. The van der Waals surface area contributed by atoms with Crippen molar-refractivity contribution in [1.82, 2.24) is 14.2 Å². The van der Waals surface area contributed by atoms with Crippen molar-refractivity contribution in [3.05, 3.63) is 24.0 Å². The highest BCUT2D eigenvalue weighted by atomic mass is 32.2. The topological polar surface area (TPSA) is 19.4 Å². The lowest BCUT2D eigenvalue weighted by atomic mass is 9.82. The van der Waals surface area contributed by atoms with E-state index in [1.165, 1.54) is 36.4 Å². The van der Waals surface area contributed by atoms with Crippen molar-refractivity contribution in [3.8, 4) is 0 Å². The fourth-order valence-electron chi connectivity index (χ4n) is 2.79. The predicted molar refractivity (Wildman–Crippen MR) is 77.6 cm³/mol. The van der Waals surface area contributed by atoms with Crippen molar-refractivity contribution in [2.24, 2.45) is 0 Å². The van der Waals surface area contributed by atoms with Crippen LogP contribution in [0.2, 0.25) is 0 Å². The van der Waals surface area contributed by atoms with Crippen LogP contribution in [0, 0.1) is 0 Å². The third-order valence-corrected chi connectivity index (χ3v) is 5.11. The Morgan fingerprint density at radius 3 is 2.56 bits per heavy atom. The fourth-order valence-corrected chi connectivity index (χ4v) is 4.00. The van der Waals surface area contributed by atoms with Gasteiger partial charge in [-0.1, -0.05) is 13.8 Å². The maximum atomic E-state index is 4.31. The van der Waals surface area contributed by atoms with Crippen molar-refractivity contribution < 1.29 is 0 Å². The molecular formula is C14H23N3S. The lowest BCUT2D eigenvalue weighted by Crippen LogP contribution is -2.46. The molecule has 0 bridgehead atoms. The Hall–Kier alpha value is -0.580. The number of hydrogen-bond donors (Lipinski definition) is 0. The lowest BCUT2D eigenvalue weighted by molar-refractivity contribution is 0.114. The van der Waals surface area contributed by atoms with E-state index in [0.717, 1.165) is 0 Å². The third-order valence-electron chi connectivity index (χ3n) is 3.93. The van der Waals surface area contributed by atoms with Gasteiger partial charge in [0.05, 0.1) is 5.54 Å². The average Bonchev–Trinajstić information content (AvgIpc) is 2.69. The highest BCUT2D eigenvalue weighted by Gasteiger charge is 2.45. The zero-order valence-electron chi connectivity index (χ0n) is 11.8. The molecule has 0 N–H and O–H groups in total. The van der Waals surface area contributed by atoms with Gasteiger partial charge in [-0.15, -0.1) is 0 Å². The number of aromatic nitrogens is 1. The summed E-state index contributed by atoms with van der Waals surface area (Å²) in [6.07, 6.45) is 6.39. The van der Waals surface area contributed by atoms with Crippen LogP contribution in [0.5, 0.6) is 0 Å². The van der Waals surface area contributed by atoms with Crippen LogP contribution in [0.15, 0.2) is 23.4 Å². The van der Waals surface area contributed by atoms with E-state index in [-0.39, 0.29) is 5.54 Å². The van der Waals surface area contributed by atoms with Gasteiger partial charge in [0.25, 0.3) is 0 Å². The lowest BCUT2D eigenvalue weighted by Gasteiger charge is -2.42. The van der Waals surface area contributed by atoms with Gasteiger partial charge in [0.1, 0.15) is 0 Å². The molecule has 0 aromatic carbocycles. The van der Waals surface area contributed by atoms with Gasteiger partial charge in [0.2, 0.25) is 0 Å². The summed E-state index contributed by atoms with van der Waals surface area (Å²) in [4.78, 5) is 8.11. The van der Waals surface area contributed by atoms with E-state index >= 15 is 0 Å². The van der Waals surface area contributed by atoms with Crippen LogP contribution in [0.25, 0.3) is 0 Å². The minimum Gasteiger partial charge on any atom is -0.306 e. The molecule has 3 heterocycles. The van der Waals surface area contributed by atoms with Crippen LogP contribution in [0.3, 0.4) is 0 Å². The van der Waals surface area contributed by atoms with Crippen LogP contribution < -0.4 is 0 Å². The number of likely N-dealkylation sites (tertiary alicyclic amines) is 1. The molecule has 0 aliphatic carbocycles. The Balaban J connectivity index is 0.000000574. The predicted octanol–water partition coefficient (Wildman–Crippen LogP) is 2.98. The van der Waals surface area contributed by atoms with Gasteiger partial charge >= 0.3 is 0 Å². The van der Waals surface area contributed by atoms with Gasteiger partial charge in [-0.2, -0.15) is 0 Å². The second-order valence-electron chi connectivity index (χ2n) is 4.80. The van der Waals surface area contributed by atoms with Crippen molar-refractivity contribution in [3.63, 3.8) is 0 Å². The smallest absolute Gasteiger partial charge is 0.0613 e. The first-order valence-corrected chi connectivity index (χ1v) is 7.54. The molecule has 0 unspecified atom stereocenters. The van der Waals surface area contributed by atoms with E-state index in [0.29, 0.717) is 0 Å². The highest BCUT2D eigenvalue weighted by molar-refractivity contribution is 7.97. The van der Waals surface area contributed by atoms with Gasteiger partial charge in [-0.25, -0.2) is 4.31 Å². The maximum absolute atomic E-state index is 4.31. The molecule has 0 saturated carbocycles. The first-order valence-electron chi connectivity index (χ1n) is 6.77. The van der Waals surface area contributed by atoms with E-state index in [9.17, 15) is 0 Å². The van der Waals surface area contributed by atoms with Gasteiger partial charge in [-0.3, -0.25) is 4.98 Å². The van der Waals surface area contributed by atoms with Crippen molar-refractivity contribution in [2.45, 2.75) is 37.1 Å². The molecule has 4 heteroatoms. The summed E-state index contributed by atoms with van der Waals surface area (Å²) < 4.78 is 2.44. The molecule has 100 valence electrons. The number of fused-ring (bicyclic) bond motifs is 2. The summed E-state index contributed by atoms with van der Waals surface area (Å²) in [5.74, 6) is 0. The number of nitrogens with zero attached hydrogens (tertiary/aromatic N) is 3. The van der Waals surface area contributed by atoms with Crippen LogP contribution in [0.4, 0.5) is 0 Å². The van der Waals surface area contributed by atoms with Crippen molar-refractivity contribution in [1.29, 1.82) is 0 Å². The molecule has 1 aromatic rings. The molecule has 1 saturated heterocycles. The van der Waals surface area contributed by atoms with Crippen LogP contribution in [-0.4, -0.2) is 41.4 Å². The average molecular weight is 265 g/mol. The monoisotopic (exact) mass is 265 g/mol. The quantitative estimate of drug-likeness (QED) is 0.671. The third kappa shape index (κ3) is 2.17. The number of rotatable bonds is 0. The normalized spacial score (nSPS) is 22.4. The van der Waals surface area contributed by atoms with Crippen LogP contribution in [-0.2, 0) is 5.54 Å². The Kier molecular flexibility index (Phi) is 4.30. The number of hydrogen-bond acceptors (Lipinski definition) is 4. The van der Waals surface area contributed by atoms with E-state index in [1.54, 1.807) is 0 Å². The molecule has 3 rings (SSSR count). The van der Waals surface area contributed by atoms with Crippen molar-refractivity contribution >= 4 is 11.9 Å². The van der Waals surface area contributed by atoms with Crippen LogP contribution in [0.1, 0.15) is 32.3 Å². The van der Waals surface area contributed by atoms with Crippen LogP contribution >= 0.6 is 11.9 Å². The summed E-state index contributed by atoms with van der Waals surface area (Å²) in [6, 6.07) is 2.14.